The van der Waals surface area contributed by atoms with Gasteiger partial charge in [0.25, 0.3) is 0 Å². The van der Waals surface area contributed by atoms with Crippen LogP contribution in [-0.4, -0.2) is 15.0 Å². The number of benzene rings is 8. The molecule has 0 aliphatic heterocycles. The van der Waals surface area contributed by atoms with E-state index in [1.54, 1.807) is 0 Å². The van der Waals surface area contributed by atoms with Gasteiger partial charge in [0, 0.05) is 27.5 Å². The molecule has 0 atom stereocenters. The van der Waals surface area contributed by atoms with Gasteiger partial charge < -0.3 is 4.42 Å². The maximum Gasteiger partial charge on any atom is 0.164 e. The first-order chi connectivity index (χ1) is 24.3. The Kier molecular flexibility index (Phi) is 6.15. The zero-order valence-electron chi connectivity index (χ0n) is 26.3. The third-order valence-electron chi connectivity index (χ3n) is 9.49. The average molecular weight is 626 g/mol. The molecule has 0 spiro atoms. The van der Waals surface area contributed by atoms with Crippen molar-refractivity contribution in [1.29, 1.82) is 0 Å². The normalized spacial score (nSPS) is 11.7. The summed E-state index contributed by atoms with van der Waals surface area (Å²) in [6.45, 7) is 0. The molecule has 0 saturated carbocycles. The lowest BCUT2D eigenvalue weighted by Crippen LogP contribution is -2.00. The summed E-state index contributed by atoms with van der Waals surface area (Å²) < 4.78 is 6.26. The number of nitrogens with zero attached hydrogens (tertiary/aromatic N) is 3. The molecule has 49 heavy (non-hydrogen) atoms. The lowest BCUT2D eigenvalue weighted by Gasteiger charge is -2.12. The van der Waals surface area contributed by atoms with Crippen molar-refractivity contribution in [3.05, 3.63) is 164 Å². The Balaban J connectivity index is 1.24. The Labute approximate surface area is 282 Å². The third kappa shape index (κ3) is 4.57. The van der Waals surface area contributed by atoms with Gasteiger partial charge in [-0.3, -0.25) is 0 Å². The van der Waals surface area contributed by atoms with Crippen LogP contribution in [0.5, 0.6) is 0 Å². The zero-order valence-corrected chi connectivity index (χ0v) is 26.3. The fraction of sp³-hybridized carbons (Fsp3) is 0. The highest BCUT2D eigenvalue weighted by atomic mass is 16.3. The number of fused-ring (bicyclic) bond motifs is 8. The fourth-order valence-electron chi connectivity index (χ4n) is 7.15. The summed E-state index contributed by atoms with van der Waals surface area (Å²) in [7, 11) is 0. The van der Waals surface area contributed by atoms with Crippen molar-refractivity contribution >= 4 is 54.3 Å². The predicted molar refractivity (Wildman–Crippen MR) is 201 cm³/mol. The largest absolute Gasteiger partial charge is 0.456 e. The summed E-state index contributed by atoms with van der Waals surface area (Å²) in [6.07, 6.45) is 0. The van der Waals surface area contributed by atoms with E-state index >= 15 is 0 Å². The average Bonchev–Trinajstić information content (AvgIpc) is 3.57. The van der Waals surface area contributed by atoms with Crippen LogP contribution in [0.3, 0.4) is 0 Å². The van der Waals surface area contributed by atoms with Crippen molar-refractivity contribution in [3.8, 4) is 45.3 Å². The van der Waals surface area contributed by atoms with Gasteiger partial charge in [-0.05, 0) is 67.7 Å². The maximum absolute atomic E-state index is 6.26. The molecule has 0 N–H and O–H groups in total. The van der Waals surface area contributed by atoms with Gasteiger partial charge in [0.05, 0.1) is 0 Å². The van der Waals surface area contributed by atoms with Gasteiger partial charge >= 0.3 is 0 Å². The van der Waals surface area contributed by atoms with E-state index in [-0.39, 0.29) is 0 Å². The molecule has 0 saturated heterocycles. The van der Waals surface area contributed by atoms with E-state index in [0.29, 0.717) is 17.5 Å². The summed E-state index contributed by atoms with van der Waals surface area (Å²) in [5, 5.41) is 9.26. The van der Waals surface area contributed by atoms with E-state index in [9.17, 15) is 0 Å². The van der Waals surface area contributed by atoms with E-state index in [4.69, 9.17) is 19.4 Å². The Morgan fingerprint density at radius 1 is 0.327 bits per heavy atom. The molecule has 0 aliphatic rings. The Hall–Kier alpha value is -6.65. The first-order valence-corrected chi connectivity index (χ1v) is 16.4. The predicted octanol–water partition coefficient (Wildman–Crippen LogP) is 11.9. The van der Waals surface area contributed by atoms with Crippen LogP contribution in [0, 0.1) is 0 Å². The van der Waals surface area contributed by atoms with E-state index in [0.717, 1.165) is 49.8 Å². The van der Waals surface area contributed by atoms with Crippen molar-refractivity contribution in [3.63, 3.8) is 0 Å². The lowest BCUT2D eigenvalue weighted by molar-refractivity contribution is 0.669. The van der Waals surface area contributed by atoms with Crippen LogP contribution in [-0.2, 0) is 0 Å². The molecule has 0 unspecified atom stereocenters. The Morgan fingerprint density at radius 3 is 1.78 bits per heavy atom. The van der Waals surface area contributed by atoms with E-state index in [2.05, 4.69) is 127 Å². The highest BCUT2D eigenvalue weighted by Gasteiger charge is 2.18. The molecule has 0 aliphatic carbocycles. The number of hydrogen-bond donors (Lipinski definition) is 0. The maximum atomic E-state index is 6.26. The molecule has 0 amide bonds. The number of furan rings is 1. The highest BCUT2D eigenvalue weighted by Crippen LogP contribution is 2.38. The first-order valence-electron chi connectivity index (χ1n) is 16.4. The van der Waals surface area contributed by atoms with Crippen LogP contribution in [0.2, 0.25) is 0 Å². The molecule has 0 bridgehead atoms. The summed E-state index contributed by atoms with van der Waals surface area (Å²) in [5.41, 5.74) is 6.65. The molecule has 10 rings (SSSR count). The topological polar surface area (TPSA) is 51.8 Å². The van der Waals surface area contributed by atoms with Crippen LogP contribution < -0.4 is 0 Å². The molecule has 2 heterocycles. The Bertz CT molecular complexity index is 2890. The summed E-state index contributed by atoms with van der Waals surface area (Å²) in [5.74, 6) is 1.84. The second-order valence-electron chi connectivity index (χ2n) is 12.4. The molecule has 8 aromatic carbocycles. The van der Waals surface area contributed by atoms with Gasteiger partial charge in [-0.1, -0.05) is 140 Å². The van der Waals surface area contributed by atoms with Crippen molar-refractivity contribution < 1.29 is 4.42 Å². The molecule has 2 aromatic heterocycles. The van der Waals surface area contributed by atoms with Gasteiger partial charge in [-0.2, -0.15) is 0 Å². The van der Waals surface area contributed by atoms with Crippen LogP contribution in [0.15, 0.2) is 168 Å². The van der Waals surface area contributed by atoms with Gasteiger partial charge in [-0.15, -0.1) is 0 Å². The van der Waals surface area contributed by atoms with Gasteiger partial charge in [0.15, 0.2) is 17.5 Å². The Morgan fingerprint density at radius 2 is 0.918 bits per heavy atom. The van der Waals surface area contributed by atoms with Gasteiger partial charge in [0.1, 0.15) is 11.2 Å². The highest BCUT2D eigenvalue weighted by molar-refractivity contribution is 6.20. The first kappa shape index (κ1) is 27.5. The minimum absolute atomic E-state index is 0.603. The standard InChI is InChI=1S/C45H27N3O/c1-2-10-28(11-3-1)32-13-8-14-33(26-32)43-46-44(48-45(47-43)37-17-9-19-40-42(37)36-16-6-7-18-39(36)49-40)34-25-22-30-21-24-31-23-20-29-12-4-5-15-35(29)41(31)38(30)27-34/h1-27H. The second-order valence-corrected chi connectivity index (χ2v) is 12.4. The number of rotatable bonds is 4. The van der Waals surface area contributed by atoms with E-state index in [1.165, 1.54) is 32.3 Å². The second kappa shape index (κ2) is 11.0. The number of para-hydroxylation sites is 1. The lowest BCUT2D eigenvalue weighted by atomic mass is 9.95. The van der Waals surface area contributed by atoms with Gasteiger partial charge in [-0.25, -0.2) is 15.0 Å². The number of hydrogen-bond acceptors (Lipinski definition) is 4. The third-order valence-corrected chi connectivity index (χ3v) is 9.49. The summed E-state index contributed by atoms with van der Waals surface area (Å²) >= 11 is 0. The van der Waals surface area contributed by atoms with Crippen molar-refractivity contribution in [1.82, 2.24) is 15.0 Å². The van der Waals surface area contributed by atoms with Crippen LogP contribution in [0.4, 0.5) is 0 Å². The van der Waals surface area contributed by atoms with Crippen molar-refractivity contribution in [2.75, 3.05) is 0 Å². The molecule has 228 valence electrons. The molecule has 4 nitrogen and oxygen atoms in total. The van der Waals surface area contributed by atoms with Crippen molar-refractivity contribution in [2.24, 2.45) is 0 Å². The molecule has 4 heteroatoms. The summed E-state index contributed by atoms with van der Waals surface area (Å²) in [6, 6.07) is 57.0. The molecular formula is C45H27N3O. The molecule has 10 aromatic rings. The van der Waals surface area contributed by atoms with Crippen LogP contribution in [0.25, 0.3) is 99.5 Å². The molecule has 0 fully saturated rings. The molecular weight excluding hydrogens is 599 g/mol. The van der Waals surface area contributed by atoms with E-state index in [1.807, 2.05) is 36.4 Å². The minimum Gasteiger partial charge on any atom is -0.456 e. The summed E-state index contributed by atoms with van der Waals surface area (Å²) in [4.78, 5) is 15.5. The fourth-order valence-corrected chi connectivity index (χ4v) is 7.15. The SMILES string of the molecule is c1ccc(-c2cccc(-c3nc(-c4ccc5ccc6ccc7ccccc7c6c5c4)nc(-c4cccc5oc6ccccc6c45)n3)c2)cc1. The van der Waals surface area contributed by atoms with Crippen LogP contribution >= 0.6 is 0 Å². The van der Waals surface area contributed by atoms with Crippen LogP contribution in [0.1, 0.15) is 0 Å². The quantitative estimate of drug-likeness (QED) is 0.183. The van der Waals surface area contributed by atoms with Gasteiger partial charge in [0.2, 0.25) is 0 Å². The van der Waals surface area contributed by atoms with E-state index < -0.39 is 0 Å². The zero-order chi connectivity index (χ0) is 32.3. The minimum atomic E-state index is 0.603. The monoisotopic (exact) mass is 625 g/mol. The molecule has 0 radical (unpaired) electrons. The van der Waals surface area contributed by atoms with Crippen molar-refractivity contribution in [2.45, 2.75) is 0 Å². The number of aromatic nitrogens is 3. The smallest absolute Gasteiger partial charge is 0.164 e.